The summed E-state index contributed by atoms with van der Waals surface area (Å²) in [5.41, 5.74) is 0.564. The molecule has 1 aromatic rings. The Morgan fingerprint density at radius 3 is 2.20 bits per heavy atom. The van der Waals surface area contributed by atoms with Crippen molar-refractivity contribution >= 4 is 0 Å². The zero-order chi connectivity index (χ0) is 21.5. The van der Waals surface area contributed by atoms with Gasteiger partial charge in [0.1, 0.15) is 0 Å². The van der Waals surface area contributed by atoms with Gasteiger partial charge in [-0.15, -0.1) is 0 Å². The fourth-order valence-electron chi connectivity index (χ4n) is 5.41. The first kappa shape index (κ1) is 23.4. The number of hydrogen-bond acceptors (Lipinski definition) is 1. The Kier molecular flexibility index (Phi) is 8.85. The molecular weight excluding hydrogens is 385 g/mol. The predicted octanol–water partition coefficient (Wildman–Crippen LogP) is 7.95. The number of allylic oxidation sites excluding steroid dienone is 1. The van der Waals surface area contributed by atoms with Crippen LogP contribution >= 0.6 is 0 Å². The summed E-state index contributed by atoms with van der Waals surface area (Å²) in [5.74, 6) is -1.03. The van der Waals surface area contributed by atoms with Gasteiger partial charge in [0.05, 0.1) is 12.7 Å². The van der Waals surface area contributed by atoms with E-state index in [1.54, 1.807) is 0 Å². The molecule has 0 amide bonds. The van der Waals surface area contributed by atoms with Crippen molar-refractivity contribution in [3.8, 4) is 0 Å². The SMILES string of the molecule is CCCC(C)C1CCC(/C=C/COC2CCC(c3cc(F)c(F)c(F)c3)CC2)CC1. The highest BCUT2D eigenvalue weighted by atomic mass is 19.2. The number of ether oxygens (including phenoxy) is 1. The maximum Gasteiger partial charge on any atom is 0.194 e. The number of benzene rings is 1. The molecule has 1 atom stereocenters. The van der Waals surface area contributed by atoms with Crippen molar-refractivity contribution < 1.29 is 17.9 Å². The third kappa shape index (κ3) is 6.35. The van der Waals surface area contributed by atoms with Crippen LogP contribution in [0.2, 0.25) is 0 Å². The molecule has 30 heavy (non-hydrogen) atoms. The first-order valence-electron chi connectivity index (χ1n) is 11.9. The molecule has 0 aliphatic heterocycles. The lowest BCUT2D eigenvalue weighted by Crippen LogP contribution is -2.21. The largest absolute Gasteiger partial charge is 0.374 e. The van der Waals surface area contributed by atoms with Gasteiger partial charge in [0.2, 0.25) is 0 Å². The highest BCUT2D eigenvalue weighted by Crippen LogP contribution is 2.36. The molecule has 2 saturated carbocycles. The zero-order valence-electron chi connectivity index (χ0n) is 18.5. The summed E-state index contributed by atoms with van der Waals surface area (Å²) in [4.78, 5) is 0. The Hall–Kier alpha value is -1.29. The van der Waals surface area contributed by atoms with Crippen molar-refractivity contribution in [2.45, 2.75) is 90.1 Å². The summed E-state index contributed by atoms with van der Waals surface area (Å²) in [7, 11) is 0. The van der Waals surface area contributed by atoms with E-state index < -0.39 is 17.5 Å². The molecule has 0 saturated heterocycles. The average Bonchev–Trinajstić information content (AvgIpc) is 2.76. The molecule has 0 N–H and O–H groups in total. The molecule has 168 valence electrons. The first-order chi connectivity index (χ1) is 14.5. The van der Waals surface area contributed by atoms with E-state index in [0.717, 1.165) is 49.7 Å². The lowest BCUT2D eigenvalue weighted by atomic mass is 9.75. The van der Waals surface area contributed by atoms with E-state index >= 15 is 0 Å². The lowest BCUT2D eigenvalue weighted by molar-refractivity contribution is 0.0419. The number of halogens is 3. The minimum absolute atomic E-state index is 0.0790. The maximum absolute atomic E-state index is 13.5. The molecule has 2 aliphatic carbocycles. The third-order valence-corrected chi connectivity index (χ3v) is 7.35. The van der Waals surface area contributed by atoms with Crippen LogP contribution < -0.4 is 0 Å². The molecule has 0 spiro atoms. The molecule has 0 bridgehead atoms. The summed E-state index contributed by atoms with van der Waals surface area (Å²) in [6, 6.07) is 2.29. The van der Waals surface area contributed by atoms with Gasteiger partial charge >= 0.3 is 0 Å². The standard InChI is InChI=1S/C26H37F3O/c1-3-5-18(2)20-9-7-19(8-10-20)6-4-15-30-23-13-11-21(12-14-23)22-16-24(27)26(29)25(28)17-22/h4,6,16-21,23H,3,5,7-15H2,1-2H3/b6-4+. The molecule has 1 nitrogen and oxygen atoms in total. The van der Waals surface area contributed by atoms with Gasteiger partial charge in [0, 0.05) is 0 Å². The second-order valence-corrected chi connectivity index (χ2v) is 9.47. The quantitative estimate of drug-likeness (QED) is 0.305. The normalized spacial score (nSPS) is 28.7. The Morgan fingerprint density at radius 1 is 0.967 bits per heavy atom. The van der Waals surface area contributed by atoms with Crippen LogP contribution in [-0.4, -0.2) is 12.7 Å². The predicted molar refractivity (Wildman–Crippen MR) is 116 cm³/mol. The number of hydrogen-bond donors (Lipinski definition) is 0. The van der Waals surface area contributed by atoms with Crippen LogP contribution in [0.1, 0.15) is 89.5 Å². The van der Waals surface area contributed by atoms with Gasteiger partial charge in [-0.3, -0.25) is 0 Å². The van der Waals surface area contributed by atoms with Crippen molar-refractivity contribution in [3.63, 3.8) is 0 Å². The van der Waals surface area contributed by atoms with E-state index in [-0.39, 0.29) is 12.0 Å². The third-order valence-electron chi connectivity index (χ3n) is 7.35. The lowest BCUT2D eigenvalue weighted by Gasteiger charge is -2.31. The minimum atomic E-state index is -1.38. The van der Waals surface area contributed by atoms with Gasteiger partial charge in [-0.25, -0.2) is 13.2 Å². The van der Waals surface area contributed by atoms with Gasteiger partial charge < -0.3 is 4.74 Å². The van der Waals surface area contributed by atoms with Crippen molar-refractivity contribution in [2.75, 3.05) is 6.61 Å². The molecule has 0 radical (unpaired) electrons. The summed E-state index contributed by atoms with van der Waals surface area (Å²) < 4.78 is 46.1. The Bertz CT molecular complexity index is 663. The fourth-order valence-corrected chi connectivity index (χ4v) is 5.41. The van der Waals surface area contributed by atoms with Crippen molar-refractivity contribution in [3.05, 3.63) is 47.3 Å². The molecule has 2 fully saturated rings. The van der Waals surface area contributed by atoms with Crippen molar-refractivity contribution in [1.29, 1.82) is 0 Å². The highest BCUT2D eigenvalue weighted by Gasteiger charge is 2.25. The molecule has 4 heteroatoms. The van der Waals surface area contributed by atoms with Gasteiger partial charge in [-0.1, -0.05) is 38.8 Å². The van der Waals surface area contributed by atoms with Gasteiger partial charge in [-0.05, 0) is 92.7 Å². The molecule has 3 rings (SSSR count). The molecule has 1 aromatic carbocycles. The fraction of sp³-hybridized carbons (Fsp3) is 0.692. The van der Waals surface area contributed by atoms with E-state index in [4.69, 9.17) is 4.74 Å². The average molecular weight is 423 g/mol. The summed E-state index contributed by atoms with van der Waals surface area (Å²) in [6.07, 6.45) is 16.1. The van der Waals surface area contributed by atoms with Crippen LogP contribution in [0.25, 0.3) is 0 Å². The summed E-state index contributed by atoms with van der Waals surface area (Å²) in [6.45, 7) is 5.33. The Balaban J connectivity index is 1.35. The number of rotatable bonds is 8. The van der Waals surface area contributed by atoms with E-state index in [0.29, 0.717) is 18.1 Å². The van der Waals surface area contributed by atoms with Crippen LogP contribution in [0, 0.1) is 35.2 Å². The Labute approximate surface area is 180 Å². The Morgan fingerprint density at radius 2 is 1.60 bits per heavy atom. The summed E-state index contributed by atoms with van der Waals surface area (Å²) in [5, 5.41) is 0. The van der Waals surface area contributed by atoms with Gasteiger partial charge in [0.25, 0.3) is 0 Å². The molecule has 0 heterocycles. The van der Waals surface area contributed by atoms with Crippen molar-refractivity contribution in [2.24, 2.45) is 17.8 Å². The molecule has 2 aliphatic rings. The smallest absolute Gasteiger partial charge is 0.194 e. The second-order valence-electron chi connectivity index (χ2n) is 9.47. The van der Waals surface area contributed by atoms with Crippen LogP contribution in [0.4, 0.5) is 13.2 Å². The monoisotopic (exact) mass is 422 g/mol. The molecular formula is C26H37F3O. The van der Waals surface area contributed by atoms with Crippen LogP contribution in [-0.2, 0) is 4.74 Å². The molecule has 0 aromatic heterocycles. The minimum Gasteiger partial charge on any atom is -0.374 e. The topological polar surface area (TPSA) is 9.23 Å². The van der Waals surface area contributed by atoms with Crippen LogP contribution in [0.5, 0.6) is 0 Å². The van der Waals surface area contributed by atoms with Crippen molar-refractivity contribution in [1.82, 2.24) is 0 Å². The first-order valence-corrected chi connectivity index (χ1v) is 11.9. The molecule has 1 unspecified atom stereocenters. The summed E-state index contributed by atoms with van der Waals surface area (Å²) >= 11 is 0. The van der Waals surface area contributed by atoms with Crippen LogP contribution in [0.3, 0.4) is 0 Å². The maximum atomic E-state index is 13.5. The second kappa shape index (κ2) is 11.4. The van der Waals surface area contributed by atoms with E-state index in [9.17, 15) is 13.2 Å². The van der Waals surface area contributed by atoms with E-state index in [2.05, 4.69) is 26.0 Å². The van der Waals surface area contributed by atoms with Gasteiger partial charge in [-0.2, -0.15) is 0 Å². The van der Waals surface area contributed by atoms with Crippen LogP contribution in [0.15, 0.2) is 24.3 Å². The van der Waals surface area contributed by atoms with Gasteiger partial charge in [0.15, 0.2) is 17.5 Å². The highest BCUT2D eigenvalue weighted by molar-refractivity contribution is 5.23. The van der Waals surface area contributed by atoms with E-state index in [1.165, 1.54) is 38.5 Å². The zero-order valence-corrected chi connectivity index (χ0v) is 18.5. The van der Waals surface area contributed by atoms with E-state index in [1.807, 2.05) is 0 Å².